The largest absolute Gasteiger partial charge is 0.508 e. The van der Waals surface area contributed by atoms with E-state index in [9.17, 15) is 15.0 Å². The van der Waals surface area contributed by atoms with Gasteiger partial charge in [-0.2, -0.15) is 0 Å². The molecule has 1 aliphatic rings. The number of ether oxygens (including phenoxy) is 1. The van der Waals surface area contributed by atoms with Crippen LogP contribution in [0.5, 0.6) is 23.0 Å². The van der Waals surface area contributed by atoms with E-state index in [-0.39, 0.29) is 54.2 Å². The van der Waals surface area contributed by atoms with Crippen molar-refractivity contribution in [3.8, 4) is 23.0 Å². The standard InChI is InChI=1S/C30H37N3O4.2ClH/c1-20-7-5-10-27(15-20)37-29-12-11-24(16-28(29)35)30(36)31-23(4)21(2)18-32-13-14-33(22(3)19-32)25-8-6-9-26(34)17-25;;/h5-12,15-17,21-23,34-35H,13-14,18-19H2,1-4H3,(H,31,36);2*1H/t21?,22-,23-;;/m0../s1. The molecule has 0 aliphatic carbocycles. The van der Waals surface area contributed by atoms with Crippen LogP contribution in [0.15, 0.2) is 66.7 Å². The van der Waals surface area contributed by atoms with E-state index in [0.29, 0.717) is 23.1 Å². The fourth-order valence-corrected chi connectivity index (χ4v) is 4.80. The van der Waals surface area contributed by atoms with E-state index in [0.717, 1.165) is 37.4 Å². The second-order valence-electron chi connectivity index (χ2n) is 10.2. The van der Waals surface area contributed by atoms with E-state index >= 15 is 0 Å². The van der Waals surface area contributed by atoms with Crippen molar-refractivity contribution < 1.29 is 19.7 Å². The van der Waals surface area contributed by atoms with Crippen LogP contribution in [-0.2, 0) is 0 Å². The lowest BCUT2D eigenvalue weighted by atomic mass is 10.0. The Bertz CT molecular complexity index is 1240. The lowest BCUT2D eigenvalue weighted by Crippen LogP contribution is -2.54. The summed E-state index contributed by atoms with van der Waals surface area (Å²) in [5.74, 6) is 1.16. The highest BCUT2D eigenvalue weighted by molar-refractivity contribution is 5.95. The first-order valence-electron chi connectivity index (χ1n) is 12.9. The van der Waals surface area contributed by atoms with Crippen molar-refractivity contribution in [3.05, 3.63) is 77.9 Å². The molecule has 1 saturated heterocycles. The maximum absolute atomic E-state index is 12.9. The molecule has 1 fully saturated rings. The van der Waals surface area contributed by atoms with Gasteiger partial charge in [0.25, 0.3) is 5.91 Å². The Morgan fingerprint density at radius 1 is 1.03 bits per heavy atom. The molecule has 1 unspecified atom stereocenters. The molecule has 212 valence electrons. The maximum Gasteiger partial charge on any atom is 0.251 e. The van der Waals surface area contributed by atoms with Gasteiger partial charge in [0, 0.05) is 55.6 Å². The van der Waals surface area contributed by atoms with Crippen LogP contribution >= 0.6 is 24.8 Å². The first-order chi connectivity index (χ1) is 17.7. The van der Waals surface area contributed by atoms with E-state index < -0.39 is 0 Å². The Kier molecular flexibility index (Phi) is 11.8. The number of amides is 1. The summed E-state index contributed by atoms with van der Waals surface area (Å²) in [4.78, 5) is 17.6. The smallest absolute Gasteiger partial charge is 0.251 e. The number of anilines is 1. The summed E-state index contributed by atoms with van der Waals surface area (Å²) < 4.78 is 5.78. The Balaban J connectivity index is 0.00000267. The fourth-order valence-electron chi connectivity index (χ4n) is 4.80. The first-order valence-corrected chi connectivity index (χ1v) is 12.9. The van der Waals surface area contributed by atoms with Crippen LogP contribution in [0.25, 0.3) is 0 Å². The number of hydrogen-bond acceptors (Lipinski definition) is 6. The number of hydrogen-bond donors (Lipinski definition) is 3. The second-order valence-corrected chi connectivity index (χ2v) is 10.2. The molecular formula is C30H39Cl2N3O4. The number of benzene rings is 3. The summed E-state index contributed by atoms with van der Waals surface area (Å²) in [6.07, 6.45) is 0. The summed E-state index contributed by atoms with van der Waals surface area (Å²) >= 11 is 0. The molecule has 4 rings (SSSR count). The van der Waals surface area contributed by atoms with Gasteiger partial charge in [-0.1, -0.05) is 25.1 Å². The van der Waals surface area contributed by atoms with Gasteiger partial charge < -0.3 is 25.2 Å². The molecule has 39 heavy (non-hydrogen) atoms. The Morgan fingerprint density at radius 2 is 1.77 bits per heavy atom. The molecule has 1 heterocycles. The van der Waals surface area contributed by atoms with Crippen molar-refractivity contribution in [3.63, 3.8) is 0 Å². The third-order valence-corrected chi connectivity index (χ3v) is 7.07. The molecule has 1 aliphatic heterocycles. The molecule has 9 heteroatoms. The minimum atomic E-state index is -0.223. The Hall–Kier alpha value is -3.13. The van der Waals surface area contributed by atoms with Crippen molar-refractivity contribution in [2.24, 2.45) is 5.92 Å². The number of piperazine rings is 1. The zero-order valence-electron chi connectivity index (χ0n) is 22.8. The van der Waals surface area contributed by atoms with E-state index in [4.69, 9.17) is 4.74 Å². The van der Waals surface area contributed by atoms with E-state index in [2.05, 4.69) is 29.0 Å². The maximum atomic E-state index is 12.9. The van der Waals surface area contributed by atoms with Gasteiger partial charge in [0.1, 0.15) is 11.5 Å². The topological polar surface area (TPSA) is 85.3 Å². The molecule has 3 aromatic carbocycles. The molecule has 0 aromatic heterocycles. The zero-order chi connectivity index (χ0) is 26.5. The van der Waals surface area contributed by atoms with E-state index in [1.54, 1.807) is 18.2 Å². The summed E-state index contributed by atoms with van der Waals surface area (Å²) in [7, 11) is 0. The van der Waals surface area contributed by atoms with Gasteiger partial charge in [-0.05, 0) is 74.7 Å². The van der Waals surface area contributed by atoms with Crippen molar-refractivity contribution in [1.29, 1.82) is 0 Å². The van der Waals surface area contributed by atoms with Gasteiger partial charge in [-0.15, -0.1) is 24.8 Å². The van der Waals surface area contributed by atoms with Crippen LogP contribution < -0.4 is 15.0 Å². The number of rotatable bonds is 8. The molecule has 0 bridgehead atoms. The zero-order valence-corrected chi connectivity index (χ0v) is 24.5. The highest BCUT2D eigenvalue weighted by atomic mass is 35.5. The van der Waals surface area contributed by atoms with Gasteiger partial charge in [0.05, 0.1) is 0 Å². The highest BCUT2D eigenvalue weighted by Crippen LogP contribution is 2.32. The van der Waals surface area contributed by atoms with Gasteiger partial charge in [0.15, 0.2) is 11.5 Å². The molecule has 3 N–H and O–H groups in total. The van der Waals surface area contributed by atoms with Crippen LogP contribution in [0.3, 0.4) is 0 Å². The number of nitrogens with one attached hydrogen (secondary N) is 1. The summed E-state index contributed by atoms with van der Waals surface area (Å²) in [6, 6.07) is 20.0. The lowest BCUT2D eigenvalue weighted by Gasteiger charge is -2.42. The number of phenols is 2. The van der Waals surface area contributed by atoms with Crippen molar-refractivity contribution in [2.45, 2.75) is 39.8 Å². The van der Waals surface area contributed by atoms with E-state index in [1.165, 1.54) is 6.07 Å². The second kappa shape index (κ2) is 14.3. The summed E-state index contributed by atoms with van der Waals surface area (Å²) in [5, 5.41) is 23.4. The number of halogens is 2. The van der Waals surface area contributed by atoms with Gasteiger partial charge >= 0.3 is 0 Å². The minimum Gasteiger partial charge on any atom is -0.508 e. The van der Waals surface area contributed by atoms with Crippen LogP contribution in [0.4, 0.5) is 5.69 Å². The predicted molar refractivity (Wildman–Crippen MR) is 161 cm³/mol. The number of nitrogens with zero attached hydrogens (tertiary/aromatic N) is 2. The van der Waals surface area contributed by atoms with E-state index in [1.807, 2.05) is 56.3 Å². The van der Waals surface area contributed by atoms with Crippen molar-refractivity contribution >= 4 is 36.4 Å². The molecule has 3 aromatic rings. The average molecular weight is 577 g/mol. The van der Waals surface area contributed by atoms with Crippen LogP contribution in [0, 0.1) is 12.8 Å². The highest BCUT2D eigenvalue weighted by Gasteiger charge is 2.27. The molecule has 0 radical (unpaired) electrons. The Labute approximate surface area is 243 Å². The SMILES string of the molecule is Cc1cccc(Oc2ccc(C(=O)N[C@@H](C)C(C)CN3CCN(c4cccc(O)c4)[C@@H](C)C3)cc2O)c1.Cl.Cl. The van der Waals surface area contributed by atoms with Gasteiger partial charge in [0.2, 0.25) is 0 Å². The summed E-state index contributed by atoms with van der Waals surface area (Å²) in [5.41, 5.74) is 2.49. The third-order valence-electron chi connectivity index (χ3n) is 7.07. The summed E-state index contributed by atoms with van der Waals surface area (Å²) in [6.45, 7) is 11.9. The number of phenolic OH excluding ortho intramolecular Hbond substituents is 2. The average Bonchev–Trinajstić information content (AvgIpc) is 2.85. The monoisotopic (exact) mass is 575 g/mol. The number of aromatic hydroxyl groups is 2. The number of aryl methyl sites for hydroxylation is 1. The predicted octanol–water partition coefficient (Wildman–Crippen LogP) is 6.01. The van der Waals surface area contributed by atoms with Crippen molar-refractivity contribution in [1.82, 2.24) is 10.2 Å². The molecular weight excluding hydrogens is 537 g/mol. The molecule has 0 spiro atoms. The van der Waals surface area contributed by atoms with Crippen LogP contribution in [0.1, 0.15) is 36.7 Å². The number of carbonyl (C=O) groups is 1. The minimum absolute atomic E-state index is 0. The molecule has 0 saturated carbocycles. The van der Waals surface area contributed by atoms with Gasteiger partial charge in [-0.25, -0.2) is 0 Å². The van der Waals surface area contributed by atoms with Gasteiger partial charge in [-0.3, -0.25) is 9.69 Å². The van der Waals surface area contributed by atoms with Crippen LogP contribution in [-0.4, -0.2) is 59.3 Å². The lowest BCUT2D eigenvalue weighted by molar-refractivity contribution is 0.0917. The molecule has 1 amide bonds. The molecule has 7 nitrogen and oxygen atoms in total. The fraction of sp³-hybridized carbons (Fsp3) is 0.367. The molecule has 3 atom stereocenters. The van der Waals surface area contributed by atoms with Crippen LogP contribution in [0.2, 0.25) is 0 Å². The first kappa shape index (κ1) is 32.1. The van der Waals surface area contributed by atoms with Crippen molar-refractivity contribution in [2.75, 3.05) is 31.1 Å². The quantitative estimate of drug-likeness (QED) is 0.305. The Morgan fingerprint density at radius 3 is 2.44 bits per heavy atom. The third kappa shape index (κ3) is 8.43. The number of carbonyl (C=O) groups excluding carboxylic acids is 1. The normalized spacial score (nSPS) is 16.8.